The number of rotatable bonds is 8. The zero-order valence-corrected chi connectivity index (χ0v) is 15.2. The van der Waals surface area contributed by atoms with Crippen LogP contribution in [0, 0.1) is 0 Å². The molecule has 2 rings (SSSR count). The Morgan fingerprint density at radius 1 is 1.31 bits per heavy atom. The molecule has 0 saturated heterocycles. The number of carboxylic acid groups (broad SMARTS) is 1. The van der Waals surface area contributed by atoms with Crippen LogP contribution in [0.15, 0.2) is 23.1 Å². The first kappa shape index (κ1) is 19.5. The number of carbonyl (C=O) groups is 2. The van der Waals surface area contributed by atoms with Gasteiger partial charge in [-0.3, -0.25) is 4.68 Å². The van der Waals surface area contributed by atoms with E-state index in [1.807, 2.05) is 20.8 Å². The van der Waals surface area contributed by atoms with Crippen LogP contribution in [-0.2, 0) is 11.3 Å². The van der Waals surface area contributed by atoms with Crippen LogP contribution in [0.4, 0.5) is 4.79 Å². The summed E-state index contributed by atoms with van der Waals surface area (Å²) in [6, 6.07) is 0. The van der Waals surface area contributed by atoms with Crippen LogP contribution in [0.25, 0.3) is 11.5 Å². The molecule has 0 aliphatic heterocycles. The number of hydrogen-bond donors (Lipinski definition) is 2. The lowest BCUT2D eigenvalue weighted by molar-refractivity contribution is 0.0526. The summed E-state index contributed by atoms with van der Waals surface area (Å²) in [6.07, 6.45) is 6.71. The average molecular weight is 364 g/mol. The van der Waals surface area contributed by atoms with E-state index in [0.717, 1.165) is 25.5 Å². The number of aromatic carboxylic acids is 1. The van der Waals surface area contributed by atoms with Crippen molar-refractivity contribution in [3.05, 3.63) is 24.4 Å². The fraction of sp³-hybridized carbons (Fsp3) is 0.529. The number of hydrogen-bond acceptors (Lipinski definition) is 6. The summed E-state index contributed by atoms with van der Waals surface area (Å²) in [4.78, 5) is 26.2. The fourth-order valence-electron chi connectivity index (χ4n) is 2.18. The van der Waals surface area contributed by atoms with Gasteiger partial charge in [0.05, 0.1) is 11.8 Å². The maximum absolute atomic E-state index is 11.5. The van der Waals surface area contributed by atoms with Crippen molar-refractivity contribution < 1.29 is 23.8 Å². The van der Waals surface area contributed by atoms with Crippen molar-refractivity contribution in [2.75, 3.05) is 6.54 Å². The quantitative estimate of drug-likeness (QED) is 0.691. The molecule has 0 unspecified atom stereocenters. The minimum Gasteiger partial charge on any atom is -0.476 e. The molecule has 0 saturated carbocycles. The van der Waals surface area contributed by atoms with E-state index in [4.69, 9.17) is 14.3 Å². The van der Waals surface area contributed by atoms with Gasteiger partial charge in [-0.1, -0.05) is 0 Å². The van der Waals surface area contributed by atoms with Gasteiger partial charge in [-0.25, -0.2) is 14.6 Å². The maximum Gasteiger partial charge on any atom is 0.407 e. The van der Waals surface area contributed by atoms with Crippen molar-refractivity contribution in [3.63, 3.8) is 0 Å². The van der Waals surface area contributed by atoms with E-state index in [1.54, 1.807) is 17.1 Å². The lowest BCUT2D eigenvalue weighted by atomic mass is 10.2. The van der Waals surface area contributed by atoms with Gasteiger partial charge in [-0.15, -0.1) is 0 Å². The molecule has 0 radical (unpaired) electrons. The molecule has 2 aromatic heterocycles. The first-order valence-electron chi connectivity index (χ1n) is 8.43. The normalized spacial score (nSPS) is 11.3. The van der Waals surface area contributed by atoms with E-state index in [2.05, 4.69) is 15.4 Å². The van der Waals surface area contributed by atoms with Crippen molar-refractivity contribution >= 4 is 12.1 Å². The number of oxazole rings is 1. The van der Waals surface area contributed by atoms with Gasteiger partial charge >= 0.3 is 12.1 Å². The summed E-state index contributed by atoms with van der Waals surface area (Å²) in [5.74, 6) is -0.900. The number of carbonyl (C=O) groups excluding carboxylic acids is 1. The fourth-order valence-corrected chi connectivity index (χ4v) is 2.18. The van der Waals surface area contributed by atoms with E-state index >= 15 is 0 Å². The highest BCUT2D eigenvalue weighted by molar-refractivity contribution is 5.85. The third-order valence-electron chi connectivity index (χ3n) is 3.34. The number of aryl methyl sites for hydroxylation is 1. The lowest BCUT2D eigenvalue weighted by Crippen LogP contribution is -2.33. The largest absolute Gasteiger partial charge is 0.476 e. The predicted molar refractivity (Wildman–Crippen MR) is 92.8 cm³/mol. The van der Waals surface area contributed by atoms with Crippen molar-refractivity contribution in [1.82, 2.24) is 20.1 Å². The van der Waals surface area contributed by atoms with Crippen molar-refractivity contribution in [2.24, 2.45) is 0 Å². The van der Waals surface area contributed by atoms with Crippen LogP contribution >= 0.6 is 0 Å². The second-order valence-electron chi connectivity index (χ2n) is 6.82. The molecule has 26 heavy (non-hydrogen) atoms. The zero-order chi connectivity index (χ0) is 19.2. The highest BCUT2D eigenvalue weighted by Crippen LogP contribution is 2.18. The Bertz CT molecular complexity index is 744. The Kier molecular flexibility index (Phi) is 6.37. The summed E-state index contributed by atoms with van der Waals surface area (Å²) in [5.41, 5.74) is 0.00463. The zero-order valence-electron chi connectivity index (χ0n) is 15.2. The summed E-state index contributed by atoms with van der Waals surface area (Å²) >= 11 is 0. The number of aromatic nitrogens is 3. The molecule has 2 N–H and O–H groups in total. The van der Waals surface area contributed by atoms with Gasteiger partial charge in [0, 0.05) is 19.3 Å². The molecule has 0 aliphatic rings. The number of ether oxygens (including phenoxy) is 1. The Hall–Kier alpha value is -2.84. The minimum atomic E-state index is -1.13. The second kappa shape index (κ2) is 8.50. The number of unbranched alkanes of at least 4 members (excludes halogenated alkanes) is 2. The van der Waals surface area contributed by atoms with Gasteiger partial charge < -0.3 is 19.6 Å². The summed E-state index contributed by atoms with van der Waals surface area (Å²) in [6.45, 7) is 6.75. The third-order valence-corrected chi connectivity index (χ3v) is 3.34. The van der Waals surface area contributed by atoms with Crippen LogP contribution in [0.5, 0.6) is 0 Å². The minimum absolute atomic E-state index is 0.134. The molecule has 0 spiro atoms. The summed E-state index contributed by atoms with van der Waals surface area (Å²) < 4.78 is 12.1. The molecule has 0 aliphatic carbocycles. The Morgan fingerprint density at radius 2 is 2.08 bits per heavy atom. The van der Waals surface area contributed by atoms with E-state index in [1.165, 1.54) is 0 Å². The third kappa shape index (κ3) is 6.23. The summed E-state index contributed by atoms with van der Waals surface area (Å²) in [7, 11) is 0. The molecule has 9 nitrogen and oxygen atoms in total. The smallest absolute Gasteiger partial charge is 0.407 e. The van der Waals surface area contributed by atoms with Crippen LogP contribution in [-0.4, -0.2) is 44.1 Å². The predicted octanol–water partition coefficient (Wildman–Crippen LogP) is 2.93. The number of carboxylic acids is 1. The number of amides is 1. The molecule has 0 bridgehead atoms. The van der Waals surface area contributed by atoms with Gasteiger partial charge in [-0.05, 0) is 40.0 Å². The monoisotopic (exact) mass is 364 g/mol. The molecule has 9 heteroatoms. The SMILES string of the molecule is CC(C)(C)OC(=O)NCCCCCn1cc(-c2nc(C(=O)O)co2)cn1. The molecule has 2 aromatic rings. The van der Waals surface area contributed by atoms with Gasteiger partial charge in [0.15, 0.2) is 5.69 Å². The number of nitrogens with zero attached hydrogens (tertiary/aromatic N) is 3. The van der Waals surface area contributed by atoms with Crippen molar-refractivity contribution in [2.45, 2.75) is 52.2 Å². The van der Waals surface area contributed by atoms with Gasteiger partial charge in [0.1, 0.15) is 11.9 Å². The summed E-state index contributed by atoms with van der Waals surface area (Å²) in [5, 5.41) is 15.8. The van der Waals surface area contributed by atoms with Gasteiger partial charge in [0.2, 0.25) is 5.89 Å². The molecule has 2 heterocycles. The molecule has 0 fully saturated rings. The Labute approximate surface area is 151 Å². The molecular formula is C17H24N4O5. The first-order valence-corrected chi connectivity index (χ1v) is 8.43. The molecule has 0 aromatic carbocycles. The van der Waals surface area contributed by atoms with Gasteiger partial charge in [-0.2, -0.15) is 5.10 Å². The van der Waals surface area contributed by atoms with Crippen molar-refractivity contribution in [3.8, 4) is 11.5 Å². The van der Waals surface area contributed by atoms with E-state index in [9.17, 15) is 9.59 Å². The second-order valence-corrected chi connectivity index (χ2v) is 6.82. The molecule has 1 amide bonds. The topological polar surface area (TPSA) is 119 Å². The van der Waals surface area contributed by atoms with E-state index in [-0.39, 0.29) is 11.6 Å². The Balaban J connectivity index is 1.67. The highest BCUT2D eigenvalue weighted by atomic mass is 16.6. The van der Waals surface area contributed by atoms with Crippen molar-refractivity contribution in [1.29, 1.82) is 0 Å². The van der Waals surface area contributed by atoms with Crippen LogP contribution in [0.2, 0.25) is 0 Å². The Morgan fingerprint density at radius 3 is 2.73 bits per heavy atom. The molecular weight excluding hydrogens is 340 g/mol. The van der Waals surface area contributed by atoms with Crippen LogP contribution in [0.1, 0.15) is 50.5 Å². The lowest BCUT2D eigenvalue weighted by Gasteiger charge is -2.19. The average Bonchev–Trinajstić information content (AvgIpc) is 3.17. The number of nitrogens with one attached hydrogen (secondary N) is 1. The molecule has 0 atom stereocenters. The van der Waals surface area contributed by atoms with E-state index < -0.39 is 17.7 Å². The van der Waals surface area contributed by atoms with Crippen LogP contribution < -0.4 is 5.32 Å². The molecule has 142 valence electrons. The van der Waals surface area contributed by atoms with Gasteiger partial charge in [0.25, 0.3) is 0 Å². The first-order chi connectivity index (χ1) is 12.2. The van der Waals surface area contributed by atoms with E-state index in [0.29, 0.717) is 18.7 Å². The van der Waals surface area contributed by atoms with Crippen LogP contribution in [0.3, 0.4) is 0 Å². The maximum atomic E-state index is 11.5. The number of alkyl carbamates (subject to hydrolysis) is 1. The standard InChI is InChI=1S/C17H24N4O5/c1-17(2,3)26-16(24)18-7-5-4-6-8-21-10-12(9-19-21)14-20-13(11-25-14)15(22)23/h9-11H,4-8H2,1-3H3,(H,18,24)(H,22,23). The highest BCUT2D eigenvalue weighted by Gasteiger charge is 2.15.